The minimum atomic E-state index is -0.178. The van der Waals surface area contributed by atoms with Crippen LogP contribution in [0.4, 0.5) is 15.9 Å². The zero-order valence-corrected chi connectivity index (χ0v) is 15.5. The lowest BCUT2D eigenvalue weighted by atomic mass is 10.1. The van der Waals surface area contributed by atoms with E-state index in [1.165, 1.54) is 18.9 Å². The highest BCUT2D eigenvalue weighted by Gasteiger charge is 2.24. The van der Waals surface area contributed by atoms with Crippen molar-refractivity contribution in [3.05, 3.63) is 65.5 Å². The van der Waals surface area contributed by atoms with Crippen molar-refractivity contribution in [3.8, 4) is 0 Å². The van der Waals surface area contributed by atoms with Crippen LogP contribution in [0, 0.1) is 11.7 Å². The number of carbonyl (C=O) groups is 1. The monoisotopic (exact) mass is 375 g/mol. The Bertz CT molecular complexity index is 1060. The van der Waals surface area contributed by atoms with Crippen molar-refractivity contribution in [1.82, 2.24) is 4.98 Å². The van der Waals surface area contributed by atoms with E-state index in [2.05, 4.69) is 10.6 Å². The second-order valence-electron chi connectivity index (χ2n) is 7.88. The fourth-order valence-electron chi connectivity index (χ4n) is 3.99. The van der Waals surface area contributed by atoms with Gasteiger partial charge in [-0.25, -0.2) is 9.37 Å². The van der Waals surface area contributed by atoms with Gasteiger partial charge in [-0.05, 0) is 85.2 Å². The summed E-state index contributed by atoms with van der Waals surface area (Å²) in [5.74, 6) is 1.29. The van der Waals surface area contributed by atoms with Gasteiger partial charge >= 0.3 is 0 Å². The van der Waals surface area contributed by atoms with Crippen LogP contribution >= 0.6 is 0 Å². The first-order chi connectivity index (χ1) is 13.6. The van der Waals surface area contributed by atoms with Gasteiger partial charge in [0.2, 0.25) is 5.91 Å². The third kappa shape index (κ3) is 3.57. The summed E-state index contributed by atoms with van der Waals surface area (Å²) in [5.41, 5.74) is 3.91. The predicted octanol–water partition coefficient (Wildman–Crippen LogP) is 5.21. The SMILES string of the molecule is O=C(CC1CC1)Nc1ccc2nc(NC3CCc4cc(F)ccc43)ccc2c1. The number of aromatic nitrogens is 1. The molecule has 0 spiro atoms. The summed E-state index contributed by atoms with van der Waals surface area (Å²) in [5, 5.41) is 7.45. The Labute approximate surface area is 163 Å². The van der Waals surface area contributed by atoms with Gasteiger partial charge in [-0.3, -0.25) is 4.79 Å². The zero-order chi connectivity index (χ0) is 19.1. The van der Waals surface area contributed by atoms with Gasteiger partial charge in [-0.1, -0.05) is 6.07 Å². The number of nitrogens with one attached hydrogen (secondary N) is 2. The summed E-state index contributed by atoms with van der Waals surface area (Å²) in [6.45, 7) is 0. The zero-order valence-electron chi connectivity index (χ0n) is 15.5. The van der Waals surface area contributed by atoms with Gasteiger partial charge in [0.15, 0.2) is 0 Å². The van der Waals surface area contributed by atoms with Crippen LogP contribution in [0.2, 0.25) is 0 Å². The Morgan fingerprint density at radius 2 is 1.96 bits per heavy atom. The minimum absolute atomic E-state index is 0.0874. The first kappa shape index (κ1) is 17.2. The highest BCUT2D eigenvalue weighted by atomic mass is 19.1. The lowest BCUT2D eigenvalue weighted by Crippen LogP contribution is -2.11. The lowest BCUT2D eigenvalue weighted by molar-refractivity contribution is -0.116. The molecular formula is C23H22FN3O. The largest absolute Gasteiger partial charge is 0.363 e. The Kier molecular flexibility index (Phi) is 4.23. The number of anilines is 2. The number of halogens is 1. The van der Waals surface area contributed by atoms with Crippen molar-refractivity contribution in [2.24, 2.45) is 5.92 Å². The van der Waals surface area contributed by atoms with Crippen molar-refractivity contribution in [3.63, 3.8) is 0 Å². The van der Waals surface area contributed by atoms with Crippen LogP contribution < -0.4 is 10.6 Å². The number of benzene rings is 2. The summed E-state index contributed by atoms with van der Waals surface area (Å²) in [4.78, 5) is 16.7. The number of aryl methyl sites for hydroxylation is 1. The molecule has 28 heavy (non-hydrogen) atoms. The van der Waals surface area contributed by atoms with E-state index in [1.807, 2.05) is 36.4 Å². The van der Waals surface area contributed by atoms with E-state index < -0.39 is 0 Å². The third-order valence-electron chi connectivity index (χ3n) is 5.65. The van der Waals surface area contributed by atoms with E-state index in [9.17, 15) is 9.18 Å². The molecule has 1 saturated carbocycles. The summed E-state index contributed by atoms with van der Waals surface area (Å²) < 4.78 is 13.4. The molecule has 5 rings (SSSR count). The van der Waals surface area contributed by atoms with Gasteiger partial charge in [0.25, 0.3) is 0 Å². The Hall–Kier alpha value is -2.95. The molecule has 0 bridgehead atoms. The van der Waals surface area contributed by atoms with Crippen LogP contribution in [0.1, 0.15) is 42.9 Å². The number of pyridine rings is 1. The van der Waals surface area contributed by atoms with Gasteiger partial charge < -0.3 is 10.6 Å². The standard InChI is InChI=1S/C23H22FN3O/c24-17-5-7-19-15(12-17)3-8-21(19)27-22-10-4-16-13-18(6-9-20(16)26-22)25-23(28)11-14-1-2-14/h4-7,9-10,12-14,21H,1-3,8,11H2,(H,25,28)(H,26,27). The Balaban J connectivity index is 1.31. The molecule has 2 aromatic carbocycles. The number of amides is 1. The number of carbonyl (C=O) groups excluding carboxylic acids is 1. The molecule has 1 heterocycles. The fourth-order valence-corrected chi connectivity index (χ4v) is 3.99. The molecule has 4 nitrogen and oxygen atoms in total. The molecule has 0 radical (unpaired) electrons. The number of fused-ring (bicyclic) bond motifs is 2. The molecule has 2 N–H and O–H groups in total. The van der Waals surface area contributed by atoms with E-state index in [0.717, 1.165) is 46.4 Å². The Morgan fingerprint density at radius 1 is 1.07 bits per heavy atom. The van der Waals surface area contributed by atoms with Crippen LogP contribution in [0.25, 0.3) is 10.9 Å². The van der Waals surface area contributed by atoms with E-state index in [-0.39, 0.29) is 17.8 Å². The van der Waals surface area contributed by atoms with E-state index >= 15 is 0 Å². The second kappa shape index (κ2) is 6.89. The van der Waals surface area contributed by atoms with Crippen LogP contribution in [-0.4, -0.2) is 10.9 Å². The first-order valence-electron chi connectivity index (χ1n) is 9.89. The summed E-state index contributed by atoms with van der Waals surface area (Å²) >= 11 is 0. The third-order valence-corrected chi connectivity index (χ3v) is 5.65. The van der Waals surface area contributed by atoms with Gasteiger partial charge in [0.05, 0.1) is 11.6 Å². The summed E-state index contributed by atoms with van der Waals surface area (Å²) in [6, 6.07) is 14.9. The topological polar surface area (TPSA) is 54.0 Å². The smallest absolute Gasteiger partial charge is 0.224 e. The maximum absolute atomic E-state index is 13.4. The quantitative estimate of drug-likeness (QED) is 0.643. The molecule has 142 valence electrons. The first-order valence-corrected chi connectivity index (χ1v) is 9.89. The molecule has 1 fully saturated rings. The normalized spacial score (nSPS) is 18.1. The van der Waals surface area contributed by atoms with Gasteiger partial charge in [0.1, 0.15) is 11.6 Å². The maximum atomic E-state index is 13.4. The van der Waals surface area contributed by atoms with Crippen molar-refractivity contribution in [2.45, 2.75) is 38.1 Å². The van der Waals surface area contributed by atoms with E-state index in [4.69, 9.17) is 4.98 Å². The number of nitrogens with zero attached hydrogens (tertiary/aromatic N) is 1. The summed E-state index contributed by atoms with van der Waals surface area (Å²) in [7, 11) is 0. The maximum Gasteiger partial charge on any atom is 0.224 e. The second-order valence-corrected chi connectivity index (χ2v) is 7.88. The fraction of sp³-hybridized carbons (Fsp3) is 0.304. The molecule has 5 heteroatoms. The van der Waals surface area contributed by atoms with Crippen LogP contribution in [0.3, 0.4) is 0 Å². The highest BCUT2D eigenvalue weighted by molar-refractivity contribution is 5.94. The average Bonchev–Trinajstić information content (AvgIpc) is 3.41. The molecule has 0 saturated heterocycles. The molecule has 2 aliphatic rings. The van der Waals surface area contributed by atoms with Crippen molar-refractivity contribution in [2.75, 3.05) is 10.6 Å². The molecule has 3 aromatic rings. The molecule has 1 unspecified atom stereocenters. The number of rotatable bonds is 5. The highest BCUT2D eigenvalue weighted by Crippen LogP contribution is 2.34. The predicted molar refractivity (Wildman–Crippen MR) is 109 cm³/mol. The number of hydrogen-bond donors (Lipinski definition) is 2. The van der Waals surface area contributed by atoms with Crippen molar-refractivity contribution >= 4 is 28.3 Å². The van der Waals surface area contributed by atoms with Gasteiger partial charge in [0, 0.05) is 17.5 Å². The van der Waals surface area contributed by atoms with Gasteiger partial charge in [-0.2, -0.15) is 0 Å². The minimum Gasteiger partial charge on any atom is -0.363 e. The lowest BCUT2D eigenvalue weighted by Gasteiger charge is -2.15. The molecule has 2 aliphatic carbocycles. The van der Waals surface area contributed by atoms with Crippen molar-refractivity contribution in [1.29, 1.82) is 0 Å². The Morgan fingerprint density at radius 3 is 2.82 bits per heavy atom. The number of hydrogen-bond acceptors (Lipinski definition) is 3. The molecule has 1 aromatic heterocycles. The van der Waals surface area contributed by atoms with E-state index in [0.29, 0.717) is 12.3 Å². The molecule has 1 amide bonds. The van der Waals surface area contributed by atoms with Gasteiger partial charge in [-0.15, -0.1) is 0 Å². The molecular weight excluding hydrogens is 353 g/mol. The molecule has 1 atom stereocenters. The average molecular weight is 375 g/mol. The molecule has 0 aliphatic heterocycles. The van der Waals surface area contributed by atoms with Crippen LogP contribution in [0.5, 0.6) is 0 Å². The van der Waals surface area contributed by atoms with Crippen LogP contribution in [-0.2, 0) is 11.2 Å². The van der Waals surface area contributed by atoms with E-state index in [1.54, 1.807) is 6.07 Å². The summed E-state index contributed by atoms with van der Waals surface area (Å²) in [6.07, 6.45) is 4.77. The van der Waals surface area contributed by atoms with Crippen molar-refractivity contribution < 1.29 is 9.18 Å². The van der Waals surface area contributed by atoms with Crippen LogP contribution in [0.15, 0.2) is 48.5 Å².